The largest absolute Gasteiger partial charge is 0.352 e. The summed E-state index contributed by atoms with van der Waals surface area (Å²) in [5.74, 6) is 0.810. The molecule has 3 rings (SSSR count). The topological polar surface area (TPSA) is 46.9 Å². The van der Waals surface area contributed by atoms with Gasteiger partial charge in [0.25, 0.3) is 0 Å². The van der Waals surface area contributed by atoms with Gasteiger partial charge in [0.15, 0.2) is 0 Å². The normalized spacial score (nSPS) is 17.3. The van der Waals surface area contributed by atoms with Crippen molar-refractivity contribution in [3.8, 4) is 0 Å². The maximum absolute atomic E-state index is 13.5. The Bertz CT molecular complexity index is 638. The van der Waals surface area contributed by atoms with Gasteiger partial charge >= 0.3 is 0 Å². The SMILES string of the molecule is O=C(CCc1ccccc1F)N[C@@H]1CCc2nccn2C1. The number of amides is 1. The number of benzene rings is 1. The third kappa shape index (κ3) is 3.29. The number of nitrogens with zero attached hydrogens (tertiary/aromatic N) is 2. The molecule has 1 aromatic carbocycles. The summed E-state index contributed by atoms with van der Waals surface area (Å²) in [6, 6.07) is 6.73. The fraction of sp³-hybridized carbons (Fsp3) is 0.375. The Labute approximate surface area is 123 Å². The highest BCUT2D eigenvalue weighted by Crippen LogP contribution is 2.14. The van der Waals surface area contributed by atoms with E-state index in [1.54, 1.807) is 24.4 Å². The molecule has 1 aliphatic heterocycles. The Kier molecular flexibility index (Phi) is 3.99. The van der Waals surface area contributed by atoms with Crippen molar-refractivity contribution in [3.05, 3.63) is 53.9 Å². The van der Waals surface area contributed by atoms with E-state index in [2.05, 4.69) is 14.9 Å². The average Bonchev–Trinajstić information content (AvgIpc) is 2.94. The van der Waals surface area contributed by atoms with Crippen LogP contribution >= 0.6 is 0 Å². The van der Waals surface area contributed by atoms with E-state index in [9.17, 15) is 9.18 Å². The molecule has 110 valence electrons. The first-order valence-electron chi connectivity index (χ1n) is 7.25. The molecule has 5 heteroatoms. The van der Waals surface area contributed by atoms with E-state index in [1.165, 1.54) is 6.07 Å². The van der Waals surface area contributed by atoms with Crippen molar-refractivity contribution in [1.29, 1.82) is 0 Å². The van der Waals surface area contributed by atoms with Crippen LogP contribution in [0.5, 0.6) is 0 Å². The molecule has 0 unspecified atom stereocenters. The summed E-state index contributed by atoms with van der Waals surface area (Å²) in [6.45, 7) is 0.765. The van der Waals surface area contributed by atoms with Crippen molar-refractivity contribution in [2.45, 2.75) is 38.3 Å². The number of nitrogens with one attached hydrogen (secondary N) is 1. The van der Waals surface area contributed by atoms with Crippen LogP contribution < -0.4 is 5.32 Å². The van der Waals surface area contributed by atoms with Crippen LogP contribution in [0.15, 0.2) is 36.7 Å². The third-order valence-electron chi connectivity index (χ3n) is 3.88. The molecule has 0 radical (unpaired) electrons. The number of carbonyl (C=O) groups is 1. The zero-order valence-electron chi connectivity index (χ0n) is 11.8. The van der Waals surface area contributed by atoms with E-state index in [1.807, 2.05) is 6.20 Å². The Morgan fingerprint density at radius 2 is 2.29 bits per heavy atom. The number of carbonyl (C=O) groups excluding carboxylic acids is 1. The smallest absolute Gasteiger partial charge is 0.220 e. The molecule has 2 heterocycles. The maximum Gasteiger partial charge on any atom is 0.220 e. The lowest BCUT2D eigenvalue weighted by atomic mass is 10.1. The van der Waals surface area contributed by atoms with Crippen LogP contribution in [0.2, 0.25) is 0 Å². The van der Waals surface area contributed by atoms with Crippen molar-refractivity contribution >= 4 is 5.91 Å². The molecule has 1 aliphatic rings. The molecule has 0 aliphatic carbocycles. The molecule has 0 saturated heterocycles. The summed E-state index contributed by atoms with van der Waals surface area (Å²) in [5.41, 5.74) is 0.591. The van der Waals surface area contributed by atoms with Crippen LogP contribution in [0.1, 0.15) is 24.2 Å². The van der Waals surface area contributed by atoms with Gasteiger partial charge in [-0.05, 0) is 24.5 Å². The molecule has 1 N–H and O–H groups in total. The Hall–Kier alpha value is -2.17. The van der Waals surface area contributed by atoms with Gasteiger partial charge < -0.3 is 9.88 Å². The van der Waals surface area contributed by atoms with Gasteiger partial charge in [0, 0.05) is 37.8 Å². The summed E-state index contributed by atoms with van der Waals surface area (Å²) < 4.78 is 15.6. The van der Waals surface area contributed by atoms with Crippen LogP contribution in [0, 0.1) is 5.82 Å². The Balaban J connectivity index is 1.50. The highest BCUT2D eigenvalue weighted by atomic mass is 19.1. The standard InChI is InChI=1S/C16H18FN3O/c17-14-4-2-1-3-12(14)5-8-16(21)19-13-6-7-15-18-9-10-20(15)11-13/h1-4,9-10,13H,5-8,11H2,(H,19,21)/t13-/m1/s1. The van der Waals surface area contributed by atoms with Gasteiger partial charge in [-0.15, -0.1) is 0 Å². The van der Waals surface area contributed by atoms with E-state index in [0.29, 0.717) is 18.4 Å². The summed E-state index contributed by atoms with van der Waals surface area (Å²) in [7, 11) is 0. The molecule has 1 atom stereocenters. The highest BCUT2D eigenvalue weighted by molar-refractivity contribution is 5.76. The molecule has 0 bridgehead atoms. The van der Waals surface area contributed by atoms with Crippen LogP contribution in [-0.4, -0.2) is 21.5 Å². The van der Waals surface area contributed by atoms with E-state index in [-0.39, 0.29) is 17.8 Å². The van der Waals surface area contributed by atoms with E-state index in [0.717, 1.165) is 25.2 Å². The minimum atomic E-state index is -0.244. The fourth-order valence-electron chi connectivity index (χ4n) is 2.73. The molecule has 0 saturated carbocycles. The number of hydrogen-bond donors (Lipinski definition) is 1. The highest BCUT2D eigenvalue weighted by Gasteiger charge is 2.20. The minimum absolute atomic E-state index is 0.0215. The number of fused-ring (bicyclic) bond motifs is 1. The first kappa shape index (κ1) is 13.8. The summed E-state index contributed by atoms with van der Waals surface area (Å²) >= 11 is 0. The van der Waals surface area contributed by atoms with Crippen molar-refractivity contribution < 1.29 is 9.18 Å². The lowest BCUT2D eigenvalue weighted by molar-refractivity contribution is -0.122. The number of imidazole rings is 1. The van der Waals surface area contributed by atoms with Crippen LogP contribution in [-0.2, 0) is 24.2 Å². The van der Waals surface area contributed by atoms with Crippen molar-refractivity contribution in [1.82, 2.24) is 14.9 Å². The number of aryl methyl sites for hydroxylation is 2. The third-order valence-corrected chi connectivity index (χ3v) is 3.88. The summed E-state index contributed by atoms with van der Waals surface area (Å²) in [6.07, 6.45) is 6.26. The van der Waals surface area contributed by atoms with Gasteiger partial charge in [0.2, 0.25) is 5.91 Å². The lowest BCUT2D eigenvalue weighted by Crippen LogP contribution is -2.41. The zero-order valence-corrected chi connectivity index (χ0v) is 11.8. The molecule has 21 heavy (non-hydrogen) atoms. The molecular weight excluding hydrogens is 269 g/mol. The molecular formula is C16H18FN3O. The molecule has 1 amide bonds. The molecule has 0 spiro atoms. The van der Waals surface area contributed by atoms with Gasteiger partial charge in [0.05, 0.1) is 0 Å². The van der Waals surface area contributed by atoms with Gasteiger partial charge in [-0.25, -0.2) is 9.37 Å². The van der Waals surface area contributed by atoms with E-state index in [4.69, 9.17) is 0 Å². The number of aromatic nitrogens is 2. The minimum Gasteiger partial charge on any atom is -0.352 e. The van der Waals surface area contributed by atoms with E-state index < -0.39 is 0 Å². The van der Waals surface area contributed by atoms with E-state index >= 15 is 0 Å². The van der Waals surface area contributed by atoms with Gasteiger partial charge in [-0.3, -0.25) is 4.79 Å². The first-order chi connectivity index (χ1) is 10.2. The van der Waals surface area contributed by atoms with Crippen LogP contribution in [0.4, 0.5) is 4.39 Å². The number of rotatable bonds is 4. The molecule has 2 aromatic rings. The second-order valence-electron chi connectivity index (χ2n) is 5.39. The quantitative estimate of drug-likeness (QED) is 0.936. The molecule has 0 fully saturated rings. The first-order valence-corrected chi connectivity index (χ1v) is 7.25. The lowest BCUT2D eigenvalue weighted by Gasteiger charge is -2.24. The predicted molar refractivity (Wildman–Crippen MR) is 77.2 cm³/mol. The predicted octanol–water partition coefficient (Wildman–Crippen LogP) is 2.09. The second-order valence-corrected chi connectivity index (χ2v) is 5.39. The van der Waals surface area contributed by atoms with Crippen molar-refractivity contribution in [3.63, 3.8) is 0 Å². The van der Waals surface area contributed by atoms with Crippen LogP contribution in [0.3, 0.4) is 0 Å². The zero-order chi connectivity index (χ0) is 14.7. The molecule has 4 nitrogen and oxygen atoms in total. The summed E-state index contributed by atoms with van der Waals surface area (Å²) in [5, 5.41) is 3.03. The average molecular weight is 287 g/mol. The number of halogens is 1. The van der Waals surface area contributed by atoms with Crippen LogP contribution in [0.25, 0.3) is 0 Å². The van der Waals surface area contributed by atoms with Gasteiger partial charge in [-0.2, -0.15) is 0 Å². The van der Waals surface area contributed by atoms with Crippen molar-refractivity contribution in [2.24, 2.45) is 0 Å². The fourth-order valence-corrected chi connectivity index (χ4v) is 2.73. The Morgan fingerprint density at radius 3 is 3.14 bits per heavy atom. The van der Waals surface area contributed by atoms with Gasteiger partial charge in [-0.1, -0.05) is 18.2 Å². The monoisotopic (exact) mass is 287 g/mol. The summed E-state index contributed by atoms with van der Waals surface area (Å²) in [4.78, 5) is 16.3. The van der Waals surface area contributed by atoms with Crippen molar-refractivity contribution in [2.75, 3.05) is 0 Å². The second kappa shape index (κ2) is 6.08. The number of hydrogen-bond acceptors (Lipinski definition) is 2. The maximum atomic E-state index is 13.5. The molecule has 1 aromatic heterocycles. The van der Waals surface area contributed by atoms with Gasteiger partial charge in [0.1, 0.15) is 11.6 Å². The Morgan fingerprint density at radius 1 is 1.43 bits per heavy atom.